The molecule has 3 amide bonds. The smallest absolute Gasteiger partial charge is 0.354 e. The number of nitro benzene ring substituents is 1. The van der Waals surface area contributed by atoms with Gasteiger partial charge in [0.15, 0.2) is 0 Å². The summed E-state index contributed by atoms with van der Waals surface area (Å²) >= 11 is 0. The number of phenolic OH excluding ortho intramolecular Hbond substituents is 4. The third-order valence-electron chi connectivity index (χ3n) is 12.1. The lowest BCUT2D eigenvalue weighted by atomic mass is 9.83. The number of fused-ring (bicyclic) bond motifs is 4. The van der Waals surface area contributed by atoms with Crippen LogP contribution >= 0.6 is 0 Å². The van der Waals surface area contributed by atoms with Crippen LogP contribution in [-0.4, -0.2) is 111 Å². The number of non-ortho nitro benzene ring substituents is 1. The number of benzene rings is 5. The highest BCUT2D eigenvalue weighted by molar-refractivity contribution is 5.99. The number of hydrogen-bond donors (Lipinski definition) is 11. The van der Waals surface area contributed by atoms with Crippen LogP contribution in [-0.2, 0) is 6.42 Å². The number of aromatic carboxylic acids is 1. The Kier molecular flexibility index (Phi) is 15.8. The Bertz CT molecular complexity index is 3580. The summed E-state index contributed by atoms with van der Waals surface area (Å²) in [5.74, 6) is -4.14. The van der Waals surface area contributed by atoms with Crippen molar-refractivity contribution >= 4 is 73.0 Å². The molecule has 0 bridgehead atoms. The third kappa shape index (κ3) is 11.5. The van der Waals surface area contributed by atoms with Gasteiger partial charge >= 0.3 is 5.97 Å². The number of aromatic nitrogens is 4. The molecule has 4 heterocycles. The fourth-order valence-corrected chi connectivity index (χ4v) is 8.39. The molecule has 386 valence electrons. The van der Waals surface area contributed by atoms with Gasteiger partial charge in [0.1, 0.15) is 74.0 Å². The fourth-order valence-electron chi connectivity index (χ4n) is 8.39. The maximum atomic E-state index is 14.4. The highest BCUT2D eigenvalue weighted by atomic mass is 16.6. The second kappa shape index (κ2) is 22.9. The monoisotopic (exact) mass is 1030 g/mol. The number of aromatic hydroxyl groups is 4. The Balaban J connectivity index is 0.000000470. The van der Waals surface area contributed by atoms with E-state index in [1.165, 1.54) is 72.8 Å². The number of amides is 3. The molecular weight excluding hydrogens is 981 g/mol. The lowest BCUT2D eigenvalue weighted by Crippen LogP contribution is -2.76. The van der Waals surface area contributed by atoms with Crippen LogP contribution in [0.4, 0.5) is 5.69 Å². The van der Waals surface area contributed by atoms with E-state index in [-0.39, 0.29) is 100 Å². The van der Waals surface area contributed by atoms with Gasteiger partial charge in [-0.1, -0.05) is 84.9 Å². The number of carbonyl (C=O) groups excluding carboxylic acids is 3. The molecule has 0 aliphatic heterocycles. The number of carbonyl (C=O) groups is 4. The molecule has 13 N–H and O–H groups in total. The van der Waals surface area contributed by atoms with Crippen molar-refractivity contribution in [1.29, 1.82) is 0 Å². The summed E-state index contributed by atoms with van der Waals surface area (Å²) in [5.41, 5.74) is 16.6. The molecule has 0 aliphatic carbocycles. The van der Waals surface area contributed by atoms with Crippen molar-refractivity contribution in [2.45, 2.75) is 24.5 Å². The number of hydrazine groups is 2. The molecule has 9 aromatic rings. The molecule has 0 aliphatic rings. The summed E-state index contributed by atoms with van der Waals surface area (Å²) in [6.45, 7) is -0.00711. The van der Waals surface area contributed by atoms with E-state index in [1.54, 1.807) is 72.8 Å². The number of para-hydroxylation sites is 4. The van der Waals surface area contributed by atoms with E-state index >= 15 is 0 Å². The molecule has 0 radical (unpaired) electrons. The second-order valence-electron chi connectivity index (χ2n) is 17.1. The molecule has 4 aromatic heterocycles. The summed E-state index contributed by atoms with van der Waals surface area (Å²) in [4.78, 5) is 82.0. The van der Waals surface area contributed by atoms with E-state index in [9.17, 15) is 49.7 Å². The first-order valence-corrected chi connectivity index (χ1v) is 23.3. The predicted octanol–water partition coefficient (Wildman–Crippen LogP) is 4.92. The molecule has 23 nitrogen and oxygen atoms in total. The van der Waals surface area contributed by atoms with Gasteiger partial charge in [0.05, 0.1) is 10.5 Å². The number of nitro groups is 1. The number of nitrogens with zero attached hydrogens (tertiary/aromatic N) is 6. The third-order valence-corrected chi connectivity index (χ3v) is 12.1. The number of nitrogens with one attached hydrogen (secondary N) is 4. The summed E-state index contributed by atoms with van der Waals surface area (Å²) in [6.07, 6.45) is -1.58. The van der Waals surface area contributed by atoms with E-state index in [4.69, 9.17) is 16.6 Å². The Morgan fingerprint density at radius 2 is 0.947 bits per heavy atom. The van der Waals surface area contributed by atoms with Crippen LogP contribution in [0.5, 0.6) is 23.0 Å². The minimum atomic E-state index is -1.74. The zero-order chi connectivity index (χ0) is 54.1. The zero-order valence-corrected chi connectivity index (χ0v) is 40.0. The number of pyridine rings is 4. The van der Waals surface area contributed by atoms with Crippen molar-refractivity contribution in [1.82, 2.24) is 46.5 Å². The summed E-state index contributed by atoms with van der Waals surface area (Å²) < 4.78 is 0. The Hall–Kier alpha value is -9.94. The summed E-state index contributed by atoms with van der Waals surface area (Å²) in [6, 6.07) is 36.8. The standard InChI is InChI=1S/C43H41N11O8.C10H7NO3/c44-21-20-43(24-25-10-15-29(16-11-25)53(61)62,42(46-23-22-45)50-39(58)30-17-12-26-4-1-7-33(55)36(26)47-30)54(51-40(59)31-18-13-27-5-2-8-34(56)37(27)48-31)52-41(60)32-19-14-28-6-3-9-35(57)38(28)49-32;12-8-3-1-2-6-4-5-7(10(13)14)11-9(6)8/h1-19,42,46,55-57H,20-24,44-45H2,(H,50,58)(H,51,59)(H,52,60);1-5,12H,(H,13,14). The largest absolute Gasteiger partial charge is 0.506 e. The minimum Gasteiger partial charge on any atom is -0.506 e. The van der Waals surface area contributed by atoms with Gasteiger partial charge in [-0.25, -0.2) is 24.7 Å². The molecule has 76 heavy (non-hydrogen) atoms. The minimum absolute atomic E-state index is 0.00870. The number of nitrogens with two attached hydrogens (primary N) is 2. The normalized spacial score (nSPS) is 12.4. The van der Waals surface area contributed by atoms with Crippen molar-refractivity contribution in [3.63, 3.8) is 0 Å². The van der Waals surface area contributed by atoms with Crippen LogP contribution in [0.15, 0.2) is 146 Å². The molecule has 23 heteroatoms. The first-order valence-electron chi connectivity index (χ1n) is 23.3. The van der Waals surface area contributed by atoms with Gasteiger partial charge in [-0.05, 0) is 73.5 Å². The topological polar surface area (TPSA) is 368 Å². The van der Waals surface area contributed by atoms with E-state index < -0.39 is 40.3 Å². The van der Waals surface area contributed by atoms with Crippen molar-refractivity contribution in [3.05, 3.63) is 184 Å². The molecule has 2 atom stereocenters. The molecule has 2 unspecified atom stereocenters. The Morgan fingerprint density at radius 1 is 0.553 bits per heavy atom. The number of phenols is 4. The maximum absolute atomic E-state index is 14.4. The van der Waals surface area contributed by atoms with Crippen LogP contribution in [0.25, 0.3) is 43.6 Å². The molecule has 0 saturated heterocycles. The SMILES string of the molecule is NCCNC(NC(=O)c1ccc2cccc(O)c2n1)C(CCN)(Cc1ccc([N+](=O)[O-])cc1)N(NC(=O)c1ccc2cccc(O)c2n1)NC(=O)c1ccc2cccc(O)c2n1.O=C(O)c1ccc2cccc(O)c2n1. The van der Waals surface area contributed by atoms with Crippen LogP contribution in [0.1, 0.15) is 53.9 Å². The van der Waals surface area contributed by atoms with Crippen LogP contribution in [0, 0.1) is 10.1 Å². The van der Waals surface area contributed by atoms with Crippen LogP contribution in [0.3, 0.4) is 0 Å². The number of hydrogen-bond acceptors (Lipinski definition) is 18. The van der Waals surface area contributed by atoms with Gasteiger partial charge in [0.25, 0.3) is 23.4 Å². The first kappa shape index (κ1) is 52.4. The van der Waals surface area contributed by atoms with Crippen molar-refractivity contribution in [3.8, 4) is 23.0 Å². The van der Waals surface area contributed by atoms with Gasteiger partial charge in [-0.15, -0.1) is 5.12 Å². The van der Waals surface area contributed by atoms with Crippen LogP contribution < -0.4 is 33.0 Å². The predicted molar refractivity (Wildman–Crippen MR) is 279 cm³/mol. The number of carboxylic acid groups (broad SMARTS) is 1. The number of rotatable bonds is 17. The fraction of sp³-hybridized carbons (Fsp3) is 0.132. The lowest BCUT2D eigenvalue weighted by Gasteiger charge is -2.48. The summed E-state index contributed by atoms with van der Waals surface area (Å²) in [5, 5.41) is 71.2. The van der Waals surface area contributed by atoms with Crippen molar-refractivity contribution in [2.24, 2.45) is 11.5 Å². The van der Waals surface area contributed by atoms with Gasteiger partial charge in [0.2, 0.25) is 0 Å². The summed E-state index contributed by atoms with van der Waals surface area (Å²) in [7, 11) is 0. The maximum Gasteiger partial charge on any atom is 0.354 e. The molecule has 5 aromatic carbocycles. The Labute approximate surface area is 430 Å². The van der Waals surface area contributed by atoms with E-state index in [0.717, 1.165) is 10.5 Å². The molecule has 0 spiro atoms. The van der Waals surface area contributed by atoms with Gasteiger partial charge in [-0.3, -0.25) is 40.7 Å². The van der Waals surface area contributed by atoms with Crippen molar-refractivity contribution < 1.29 is 49.6 Å². The van der Waals surface area contributed by atoms with Gasteiger partial charge in [-0.2, -0.15) is 0 Å². The first-order chi connectivity index (χ1) is 36.6. The Morgan fingerprint density at radius 3 is 1.33 bits per heavy atom. The highest BCUT2D eigenvalue weighted by Crippen LogP contribution is 2.31. The molecule has 0 saturated carbocycles. The number of carboxylic acids is 1. The highest BCUT2D eigenvalue weighted by Gasteiger charge is 2.47. The van der Waals surface area contributed by atoms with E-state index in [1.807, 2.05) is 0 Å². The van der Waals surface area contributed by atoms with Gasteiger partial charge < -0.3 is 42.3 Å². The lowest BCUT2D eigenvalue weighted by molar-refractivity contribution is -0.384. The van der Waals surface area contributed by atoms with E-state index in [0.29, 0.717) is 27.2 Å². The van der Waals surface area contributed by atoms with Crippen molar-refractivity contribution in [2.75, 3.05) is 19.6 Å². The average Bonchev–Trinajstić information content (AvgIpc) is 3.42. The quantitative estimate of drug-likeness (QED) is 0.0327. The zero-order valence-electron chi connectivity index (χ0n) is 40.0. The average molecular weight is 1030 g/mol. The molecule has 0 fully saturated rings. The van der Waals surface area contributed by atoms with Gasteiger partial charge in [0, 0.05) is 46.8 Å². The van der Waals surface area contributed by atoms with Crippen LogP contribution in [0.2, 0.25) is 0 Å². The van der Waals surface area contributed by atoms with E-state index in [2.05, 4.69) is 41.4 Å². The molecule has 9 rings (SSSR count). The second-order valence-corrected chi connectivity index (χ2v) is 17.1. The molecular formula is C53H48N12O11.